The summed E-state index contributed by atoms with van der Waals surface area (Å²) in [7, 11) is 5.30. The summed E-state index contributed by atoms with van der Waals surface area (Å²) >= 11 is 11.9. The third kappa shape index (κ3) is 17.1. The maximum atomic E-state index is 13.5. The lowest BCUT2D eigenvalue weighted by Crippen LogP contribution is -2.49. The molecule has 3 fully saturated rings. The molecule has 6 heterocycles. The maximum absolute atomic E-state index is 13.5. The summed E-state index contributed by atoms with van der Waals surface area (Å²) in [5.41, 5.74) is 2.30. The number of rotatable bonds is 14. The highest BCUT2D eigenvalue weighted by Gasteiger charge is 2.36. The number of hydrogen-bond acceptors (Lipinski definition) is 16. The van der Waals surface area contributed by atoms with Crippen LogP contribution in [0.25, 0.3) is 32.7 Å². The van der Waals surface area contributed by atoms with E-state index in [9.17, 15) is 67.9 Å². The number of carbonyl (C=O) groups is 3. The number of benzene rings is 7. The second-order valence-electron chi connectivity index (χ2n) is 24.9. The molecule has 0 unspecified atom stereocenters. The van der Waals surface area contributed by atoms with Gasteiger partial charge in [-0.1, -0.05) is 106 Å². The van der Waals surface area contributed by atoms with Crippen LogP contribution >= 0.6 is 23.2 Å². The molecule has 105 heavy (non-hydrogen) atoms. The van der Waals surface area contributed by atoms with E-state index < -0.39 is 60.1 Å². The summed E-state index contributed by atoms with van der Waals surface area (Å²) in [5.74, 6) is -1.31. The van der Waals surface area contributed by atoms with Crippen LogP contribution in [0.1, 0.15) is 64.5 Å². The second-order valence-corrected chi connectivity index (χ2v) is 25.8. The van der Waals surface area contributed by atoms with Crippen molar-refractivity contribution in [2.75, 3.05) is 114 Å². The van der Waals surface area contributed by atoms with Crippen molar-refractivity contribution in [2.24, 2.45) is 7.05 Å². The summed E-state index contributed by atoms with van der Waals surface area (Å²) in [6.07, 6.45) is 0. The fourth-order valence-electron chi connectivity index (χ4n) is 13.0. The number of likely N-dealkylation sites (N-methyl/N-ethyl adjacent to an activating group) is 1. The van der Waals surface area contributed by atoms with Gasteiger partial charge in [0.05, 0.1) is 37.9 Å². The SMILES string of the molecule is C.C.C.Cc1ccc2c(c1)c(N1CCN(C(=O)c3ccc(Cl)cc3)CC1)c([N+](=O)[O-])c(=O)n2CCN(C)C.Cn1c(=O)c([N+](=O)[O-])c(N2CCN(C(=O)c3ccc(F)cc3)CC2)c2ccccc21.O=C(c1ccc(Cl)cc1)N1CCN(c2c([N+](=O)[O-])c(=O)n(Cc3ccc(F)cc3)c3ccccc23)CC1. The molecule has 29 heteroatoms. The molecule has 25 nitrogen and oxygen atoms in total. The smallest absolute Gasteiger partial charge is 0.357 e. The van der Waals surface area contributed by atoms with Gasteiger partial charge >= 0.3 is 33.7 Å². The molecule has 0 aliphatic carbocycles. The van der Waals surface area contributed by atoms with E-state index in [0.29, 0.717) is 162 Å². The number of hydrogen-bond donors (Lipinski definition) is 0. The molecule has 550 valence electrons. The van der Waals surface area contributed by atoms with E-state index in [0.717, 1.165) is 5.56 Å². The van der Waals surface area contributed by atoms with Crippen molar-refractivity contribution in [2.45, 2.75) is 42.3 Å². The first-order valence-electron chi connectivity index (χ1n) is 32.5. The molecule has 7 aromatic carbocycles. The number of carbonyl (C=O) groups excluding carboxylic acids is 3. The minimum absolute atomic E-state index is 0. The van der Waals surface area contributed by atoms with Crippen molar-refractivity contribution in [3.05, 3.63) is 275 Å². The first-order valence-corrected chi connectivity index (χ1v) is 33.3. The molecule has 3 amide bonds. The molecular weight excluding hydrogens is 1400 g/mol. The highest BCUT2D eigenvalue weighted by Crippen LogP contribution is 2.38. The van der Waals surface area contributed by atoms with Crippen molar-refractivity contribution in [1.82, 2.24) is 33.3 Å². The summed E-state index contributed by atoms with van der Waals surface area (Å²) in [5, 5.41) is 39.1. The van der Waals surface area contributed by atoms with Gasteiger partial charge in [-0.3, -0.25) is 63.7 Å². The quantitative estimate of drug-likeness (QED) is 0.0723. The molecule has 0 bridgehead atoms. The second kappa shape index (κ2) is 34.2. The Hall–Kier alpha value is -11.4. The third-order valence-electron chi connectivity index (χ3n) is 18.2. The lowest BCUT2D eigenvalue weighted by atomic mass is 10.1. The number of para-hydroxylation sites is 2. The van der Waals surface area contributed by atoms with Gasteiger partial charge in [-0.2, -0.15) is 0 Å². The van der Waals surface area contributed by atoms with E-state index in [1.807, 2.05) is 49.0 Å². The molecule has 0 spiro atoms. The van der Waals surface area contributed by atoms with Gasteiger partial charge in [0, 0.05) is 142 Å². The Morgan fingerprint density at radius 3 is 1.20 bits per heavy atom. The Bertz CT molecular complexity index is 5080. The zero-order chi connectivity index (χ0) is 72.8. The van der Waals surface area contributed by atoms with Crippen LogP contribution in [0.5, 0.6) is 0 Å². The zero-order valence-electron chi connectivity index (χ0n) is 55.9. The van der Waals surface area contributed by atoms with Crippen LogP contribution in [0, 0.1) is 48.9 Å². The molecule has 0 radical (unpaired) electrons. The van der Waals surface area contributed by atoms with Crippen LogP contribution in [0.3, 0.4) is 0 Å². The minimum Gasteiger partial charge on any atom is -0.362 e. The van der Waals surface area contributed by atoms with E-state index >= 15 is 0 Å². The third-order valence-corrected chi connectivity index (χ3v) is 18.7. The number of aromatic nitrogens is 3. The monoisotopic (exact) mass is 1480 g/mol. The largest absolute Gasteiger partial charge is 0.362 e. The van der Waals surface area contributed by atoms with Gasteiger partial charge in [0.1, 0.15) is 28.7 Å². The topological polar surface area (TPSA) is 269 Å². The zero-order valence-corrected chi connectivity index (χ0v) is 57.4. The normalized spacial score (nSPS) is 13.6. The molecule has 3 aliphatic rings. The van der Waals surface area contributed by atoms with E-state index in [1.54, 1.807) is 134 Å². The Morgan fingerprint density at radius 2 is 0.790 bits per heavy atom. The standard InChI is InChI=1S/C27H22ClFN4O4.C25H28ClN5O4.C21H19FN4O4.3CH4/c28-20-9-7-19(8-10-20)26(34)31-15-13-30(14-16-31)24-22-3-1-2-4-23(22)32(27(35)25(24)33(36)37)17-18-5-11-21(29)12-6-18;1-17-4-9-21-20(16-17)22(23(31(34)35)25(33)30(21)15-10-27(2)3)28-11-13-29(14-12-28)24(32)18-5-7-19(26)8-6-18;1-23-17-5-3-2-4-16(17)18(19(21(23)28)26(29)30)24-10-12-25(13-11-24)20(27)14-6-8-15(22)9-7-14;;;/h1-12H,13-17H2;4-9,16H,10-15H2,1-3H3;2-9H,10-13H2,1H3;3*1H4. The molecule has 13 rings (SSSR count). The number of anilines is 3. The molecule has 0 saturated carbocycles. The van der Waals surface area contributed by atoms with E-state index in [-0.39, 0.29) is 57.9 Å². The number of pyridine rings is 3. The van der Waals surface area contributed by atoms with Crippen LogP contribution in [0.4, 0.5) is 42.9 Å². The fraction of sp³-hybridized carbons (Fsp3) is 0.289. The predicted molar refractivity (Wildman–Crippen MR) is 408 cm³/mol. The summed E-state index contributed by atoms with van der Waals surface area (Å²) in [6, 6.07) is 44.1. The lowest BCUT2D eigenvalue weighted by Gasteiger charge is -2.36. The Kier molecular flexibility index (Phi) is 25.9. The van der Waals surface area contributed by atoms with Gasteiger partial charge in [0.15, 0.2) is 0 Å². The fourth-order valence-corrected chi connectivity index (χ4v) is 13.3. The minimum atomic E-state index is -0.734. The first-order chi connectivity index (χ1) is 48.9. The highest BCUT2D eigenvalue weighted by molar-refractivity contribution is 6.31. The molecule has 3 aromatic heterocycles. The highest BCUT2D eigenvalue weighted by atomic mass is 35.5. The first kappa shape index (κ1) is 79.3. The van der Waals surface area contributed by atoms with Crippen LogP contribution in [-0.2, 0) is 20.1 Å². The summed E-state index contributed by atoms with van der Waals surface area (Å²) in [4.78, 5) is 125. The van der Waals surface area contributed by atoms with Crippen LogP contribution < -0.4 is 31.4 Å². The van der Waals surface area contributed by atoms with Crippen molar-refractivity contribution in [3.63, 3.8) is 0 Å². The Labute approximate surface area is 613 Å². The van der Waals surface area contributed by atoms with Crippen molar-refractivity contribution in [1.29, 1.82) is 0 Å². The van der Waals surface area contributed by atoms with Gasteiger partial charge in [-0.15, -0.1) is 0 Å². The lowest BCUT2D eigenvalue weighted by molar-refractivity contribution is -0.385. The molecular formula is C76H81Cl2F2N13O12. The number of aryl methyl sites for hydroxylation is 2. The number of amides is 3. The Morgan fingerprint density at radius 1 is 0.448 bits per heavy atom. The average Bonchev–Trinajstić information content (AvgIpc) is 0.759. The van der Waals surface area contributed by atoms with Crippen LogP contribution in [0.15, 0.2) is 178 Å². The van der Waals surface area contributed by atoms with Crippen molar-refractivity contribution in [3.8, 4) is 0 Å². The van der Waals surface area contributed by atoms with Gasteiger partial charge in [0.25, 0.3) is 17.7 Å². The van der Waals surface area contributed by atoms with Gasteiger partial charge in [0.2, 0.25) is 0 Å². The maximum Gasteiger partial charge on any atom is 0.357 e. The Balaban J connectivity index is 0.000000197. The van der Waals surface area contributed by atoms with Gasteiger partial charge in [-0.25, -0.2) is 8.78 Å². The molecule has 3 aliphatic heterocycles. The van der Waals surface area contributed by atoms with Crippen molar-refractivity contribution >= 4 is 108 Å². The summed E-state index contributed by atoms with van der Waals surface area (Å²) in [6.45, 7) is 7.09. The van der Waals surface area contributed by atoms with Crippen molar-refractivity contribution < 1.29 is 37.9 Å². The van der Waals surface area contributed by atoms with E-state index in [1.165, 1.54) is 57.1 Å². The van der Waals surface area contributed by atoms with Gasteiger partial charge < -0.3 is 43.4 Å². The molecule has 3 saturated heterocycles. The van der Waals surface area contributed by atoms with E-state index in [4.69, 9.17) is 23.2 Å². The molecule has 0 atom stereocenters. The molecule has 0 N–H and O–H groups in total. The van der Waals surface area contributed by atoms with Gasteiger partial charge in [-0.05, 0) is 136 Å². The number of halogens is 4. The number of nitrogens with zero attached hydrogens (tertiary/aromatic N) is 13. The number of nitro groups is 3. The number of fused-ring (bicyclic) bond motifs is 3. The number of piperazine rings is 3. The van der Waals surface area contributed by atoms with E-state index in [2.05, 4.69) is 0 Å². The van der Waals surface area contributed by atoms with Crippen LogP contribution in [-0.4, -0.2) is 165 Å². The summed E-state index contributed by atoms with van der Waals surface area (Å²) < 4.78 is 30.6. The predicted octanol–water partition coefficient (Wildman–Crippen LogP) is 12.6. The van der Waals surface area contributed by atoms with Crippen LogP contribution in [0.2, 0.25) is 10.0 Å². The molecule has 10 aromatic rings. The average molecular weight is 1480 g/mol.